The number of hydrogen-bond acceptors (Lipinski definition) is 10. The molecule has 3 rings (SSSR count). The van der Waals surface area contributed by atoms with Crippen LogP contribution in [0.5, 0.6) is 0 Å². The molecule has 130 valence electrons. The molecule has 0 saturated carbocycles. The van der Waals surface area contributed by atoms with Crippen LogP contribution in [0.2, 0.25) is 0 Å². The molecule has 0 aliphatic carbocycles. The van der Waals surface area contributed by atoms with Gasteiger partial charge in [0.15, 0.2) is 5.69 Å². The topological polar surface area (TPSA) is 153 Å². The van der Waals surface area contributed by atoms with Gasteiger partial charge in [-0.2, -0.15) is 9.78 Å². The Hall–Kier alpha value is -3.54. The number of carbonyl (C=O) groups excluding carboxylic acids is 1. The first-order chi connectivity index (χ1) is 12.1. The lowest BCUT2D eigenvalue weighted by Crippen LogP contribution is -2.23. The molecule has 0 fully saturated rings. The quantitative estimate of drug-likeness (QED) is 0.450. The van der Waals surface area contributed by atoms with E-state index in [0.29, 0.717) is 17.8 Å². The Labute approximate surface area is 141 Å². The predicted molar refractivity (Wildman–Crippen MR) is 84.8 cm³/mol. The van der Waals surface area contributed by atoms with Crippen LogP contribution in [-0.2, 0) is 6.54 Å². The van der Waals surface area contributed by atoms with Crippen molar-refractivity contribution in [3.05, 3.63) is 35.5 Å². The van der Waals surface area contributed by atoms with E-state index in [9.17, 15) is 4.79 Å². The van der Waals surface area contributed by atoms with E-state index in [0.717, 1.165) is 0 Å². The van der Waals surface area contributed by atoms with Gasteiger partial charge in [-0.15, -0.1) is 5.10 Å². The van der Waals surface area contributed by atoms with Crippen molar-refractivity contribution in [2.75, 3.05) is 19.8 Å². The van der Waals surface area contributed by atoms with Crippen molar-refractivity contribution in [3.63, 3.8) is 0 Å². The number of anilines is 1. The lowest BCUT2D eigenvalue weighted by molar-refractivity contribution is 0.0948. The van der Waals surface area contributed by atoms with Crippen LogP contribution in [0.3, 0.4) is 0 Å². The van der Waals surface area contributed by atoms with Crippen molar-refractivity contribution < 1.29 is 13.8 Å². The van der Waals surface area contributed by atoms with Crippen LogP contribution in [0.4, 0.5) is 5.82 Å². The van der Waals surface area contributed by atoms with Crippen molar-refractivity contribution >= 4 is 17.9 Å². The molecule has 0 atom stereocenters. The maximum atomic E-state index is 12.4. The Morgan fingerprint density at radius 1 is 1.48 bits per heavy atom. The van der Waals surface area contributed by atoms with Crippen molar-refractivity contribution in [2.45, 2.75) is 6.54 Å². The van der Waals surface area contributed by atoms with Gasteiger partial charge in [-0.25, -0.2) is 10.1 Å². The van der Waals surface area contributed by atoms with Gasteiger partial charge in [-0.1, -0.05) is 5.21 Å². The van der Waals surface area contributed by atoms with Gasteiger partial charge in [0, 0.05) is 12.1 Å². The fraction of sp³-hybridized carbons (Fsp3) is 0.231. The minimum absolute atomic E-state index is 0.0369. The number of carbonyl (C=O) groups is 1. The van der Waals surface area contributed by atoms with Crippen LogP contribution in [0.1, 0.15) is 21.7 Å². The monoisotopic (exact) mass is 345 g/mol. The summed E-state index contributed by atoms with van der Waals surface area (Å²) in [4.78, 5) is 14.2. The van der Waals surface area contributed by atoms with Crippen molar-refractivity contribution in [2.24, 2.45) is 5.10 Å². The number of hydrogen-bond donors (Lipinski definition) is 2. The van der Waals surface area contributed by atoms with Crippen LogP contribution < -0.4 is 11.2 Å². The first-order valence-corrected chi connectivity index (χ1v) is 7.09. The van der Waals surface area contributed by atoms with E-state index in [-0.39, 0.29) is 17.3 Å². The minimum Gasteiger partial charge on any atom is -0.472 e. The zero-order valence-electron chi connectivity index (χ0n) is 13.4. The third-order valence-electron chi connectivity index (χ3n) is 3.06. The molecule has 3 aromatic rings. The maximum absolute atomic E-state index is 12.4. The van der Waals surface area contributed by atoms with E-state index in [4.69, 9.17) is 10.2 Å². The molecule has 1 amide bonds. The maximum Gasteiger partial charge on any atom is 0.293 e. The fourth-order valence-electron chi connectivity index (χ4n) is 1.99. The summed E-state index contributed by atoms with van der Waals surface area (Å²) < 4.78 is 10.8. The fourth-order valence-corrected chi connectivity index (χ4v) is 1.99. The van der Waals surface area contributed by atoms with E-state index in [1.54, 1.807) is 6.07 Å². The number of furan rings is 1. The molecule has 12 heteroatoms. The highest BCUT2D eigenvalue weighted by atomic mass is 16.6. The van der Waals surface area contributed by atoms with Gasteiger partial charge in [0.2, 0.25) is 11.6 Å². The average molecular weight is 345 g/mol. The Kier molecular flexibility index (Phi) is 4.52. The molecule has 3 aromatic heterocycles. The van der Waals surface area contributed by atoms with Crippen LogP contribution in [0.25, 0.3) is 5.82 Å². The molecule has 3 N–H and O–H groups in total. The molecule has 0 aliphatic rings. The van der Waals surface area contributed by atoms with Gasteiger partial charge in [-0.3, -0.25) is 4.79 Å². The summed E-state index contributed by atoms with van der Waals surface area (Å²) in [5.41, 5.74) is 9.33. The number of amides is 1. The van der Waals surface area contributed by atoms with Crippen molar-refractivity contribution in [3.8, 4) is 5.82 Å². The molecule has 12 nitrogen and oxygen atoms in total. The van der Waals surface area contributed by atoms with Gasteiger partial charge < -0.3 is 15.1 Å². The second-order valence-corrected chi connectivity index (χ2v) is 5.26. The Balaban J connectivity index is 1.86. The first-order valence-electron chi connectivity index (χ1n) is 7.09. The van der Waals surface area contributed by atoms with E-state index in [1.807, 2.05) is 19.0 Å². The number of nitrogens with one attached hydrogen (secondary N) is 1. The van der Waals surface area contributed by atoms with Gasteiger partial charge >= 0.3 is 0 Å². The molecule has 3 heterocycles. The lowest BCUT2D eigenvalue weighted by Gasteiger charge is -2.10. The van der Waals surface area contributed by atoms with Crippen LogP contribution >= 0.6 is 0 Å². The van der Waals surface area contributed by atoms with E-state index >= 15 is 0 Å². The molecule has 0 bridgehead atoms. The molecular formula is C13H15N9O3. The molecule has 0 radical (unpaired) electrons. The second-order valence-electron chi connectivity index (χ2n) is 5.26. The van der Waals surface area contributed by atoms with E-state index in [1.165, 1.54) is 23.4 Å². The highest BCUT2D eigenvalue weighted by Gasteiger charge is 2.24. The summed E-state index contributed by atoms with van der Waals surface area (Å²) in [5, 5.41) is 18.9. The second kappa shape index (κ2) is 6.92. The smallest absolute Gasteiger partial charge is 0.293 e. The highest BCUT2D eigenvalue weighted by molar-refractivity contribution is 5.94. The Bertz CT molecular complexity index is 879. The zero-order chi connectivity index (χ0) is 17.8. The Morgan fingerprint density at radius 2 is 2.32 bits per heavy atom. The number of aromatic nitrogens is 5. The normalized spacial score (nSPS) is 11.5. The van der Waals surface area contributed by atoms with Crippen molar-refractivity contribution in [1.82, 2.24) is 35.6 Å². The average Bonchev–Trinajstić information content (AvgIpc) is 3.28. The van der Waals surface area contributed by atoms with Gasteiger partial charge in [-0.05, 0) is 30.5 Å². The van der Waals surface area contributed by atoms with Crippen LogP contribution in [0.15, 0.2) is 32.7 Å². The Morgan fingerprint density at radius 3 is 2.96 bits per heavy atom. The third-order valence-corrected chi connectivity index (χ3v) is 3.06. The third kappa shape index (κ3) is 3.53. The first kappa shape index (κ1) is 16.3. The molecule has 0 saturated heterocycles. The molecular weight excluding hydrogens is 330 g/mol. The van der Waals surface area contributed by atoms with E-state index < -0.39 is 5.91 Å². The number of rotatable bonds is 6. The highest BCUT2D eigenvalue weighted by Crippen LogP contribution is 2.16. The van der Waals surface area contributed by atoms with Crippen molar-refractivity contribution in [1.29, 1.82) is 0 Å². The standard InChI is InChI=1S/C13H15N9O3/c1-21(2)6-9-10(13(23)17-15-5-8-3-4-24-7-8)16-20-22(9)12-11(14)18-25-19-12/h3-5,7H,6H2,1-2H3,(H2,14,18)(H,17,23)/b15-5-. The minimum atomic E-state index is -0.530. The predicted octanol–water partition coefficient (Wildman–Crippen LogP) is -0.349. The summed E-state index contributed by atoms with van der Waals surface area (Å²) in [6.45, 7) is 0.355. The lowest BCUT2D eigenvalue weighted by atomic mass is 10.3. The summed E-state index contributed by atoms with van der Waals surface area (Å²) in [6.07, 6.45) is 4.43. The summed E-state index contributed by atoms with van der Waals surface area (Å²) in [7, 11) is 3.67. The largest absolute Gasteiger partial charge is 0.472 e. The van der Waals surface area contributed by atoms with Crippen LogP contribution in [0, 0.1) is 0 Å². The molecule has 0 spiro atoms. The summed E-state index contributed by atoms with van der Waals surface area (Å²) >= 11 is 0. The summed E-state index contributed by atoms with van der Waals surface area (Å²) in [5.74, 6) is -0.335. The van der Waals surface area contributed by atoms with Gasteiger partial charge in [0.25, 0.3) is 5.91 Å². The van der Waals surface area contributed by atoms with E-state index in [2.05, 4.69) is 35.8 Å². The molecule has 0 aliphatic heterocycles. The molecule has 0 unspecified atom stereocenters. The van der Waals surface area contributed by atoms with Gasteiger partial charge in [0.05, 0.1) is 24.4 Å². The SMILES string of the molecule is CN(C)Cc1c(C(=O)N/N=C\c2ccoc2)nnn1-c1nonc1N. The number of nitrogens with two attached hydrogens (primary N) is 1. The number of nitrogens with zero attached hydrogens (tertiary/aromatic N) is 7. The molecule has 25 heavy (non-hydrogen) atoms. The van der Waals surface area contributed by atoms with Gasteiger partial charge in [0.1, 0.15) is 0 Å². The number of nitrogen functional groups attached to an aromatic ring is 1. The van der Waals surface area contributed by atoms with Crippen LogP contribution in [-0.4, -0.2) is 56.4 Å². The molecule has 0 aromatic carbocycles. The number of hydrazone groups is 1. The summed E-state index contributed by atoms with van der Waals surface area (Å²) in [6, 6.07) is 1.70. The zero-order valence-corrected chi connectivity index (χ0v) is 13.4.